The fourth-order valence-electron chi connectivity index (χ4n) is 2.35. The van der Waals surface area contributed by atoms with Crippen molar-refractivity contribution in [3.8, 4) is 11.4 Å². The molecule has 1 aromatic carbocycles. The number of benzene rings is 1. The van der Waals surface area contributed by atoms with Gasteiger partial charge in [-0.3, -0.25) is 0 Å². The van der Waals surface area contributed by atoms with E-state index in [1.54, 1.807) is 0 Å². The lowest BCUT2D eigenvalue weighted by Gasteiger charge is -2.20. The lowest BCUT2D eigenvalue weighted by atomic mass is 10.0. The summed E-state index contributed by atoms with van der Waals surface area (Å²) in [5.74, 6) is 0.952. The van der Waals surface area contributed by atoms with Crippen LogP contribution in [0.1, 0.15) is 38.8 Å². The third-order valence-corrected chi connectivity index (χ3v) is 4.11. The summed E-state index contributed by atoms with van der Waals surface area (Å²) in [6, 6.07) is 8.96. The van der Waals surface area contributed by atoms with E-state index in [-0.39, 0.29) is 0 Å². The predicted molar refractivity (Wildman–Crippen MR) is 90.7 cm³/mol. The monoisotopic (exact) mass is 301 g/mol. The number of hydrogen-bond donors (Lipinski definition) is 1. The molecule has 1 unspecified atom stereocenters. The van der Waals surface area contributed by atoms with E-state index in [0.717, 1.165) is 17.9 Å². The third-order valence-electron chi connectivity index (χ3n) is 4.11. The van der Waals surface area contributed by atoms with Crippen molar-refractivity contribution in [2.45, 2.75) is 45.4 Å². The first kappa shape index (κ1) is 16.7. The molecule has 4 heteroatoms. The molecule has 2 aromatic rings. The third kappa shape index (κ3) is 4.18. The largest absolute Gasteiger partial charge is 0.390 e. The maximum atomic E-state index is 9.89. The zero-order chi connectivity index (χ0) is 16.3. The van der Waals surface area contributed by atoms with Crippen LogP contribution in [0.5, 0.6) is 0 Å². The molecule has 0 aliphatic rings. The van der Waals surface area contributed by atoms with E-state index in [1.807, 2.05) is 26.2 Å². The Morgan fingerprint density at radius 3 is 2.41 bits per heavy atom. The van der Waals surface area contributed by atoms with Crippen LogP contribution in [-0.2, 0) is 6.54 Å². The number of nitrogens with zero attached hydrogens (tertiary/aromatic N) is 3. The summed E-state index contributed by atoms with van der Waals surface area (Å²) in [6.07, 6.45) is 4.49. The zero-order valence-electron chi connectivity index (χ0n) is 14.2. The molecule has 0 bridgehead atoms. The smallest absolute Gasteiger partial charge is 0.139 e. The molecule has 0 fully saturated rings. The van der Waals surface area contributed by atoms with Crippen LogP contribution in [0, 0.1) is 0 Å². The molecule has 0 saturated heterocycles. The maximum absolute atomic E-state index is 9.89. The van der Waals surface area contributed by atoms with Gasteiger partial charge in [0.25, 0.3) is 0 Å². The van der Waals surface area contributed by atoms with E-state index in [1.165, 1.54) is 5.56 Å². The van der Waals surface area contributed by atoms with Crippen molar-refractivity contribution in [1.29, 1.82) is 0 Å². The first-order valence-corrected chi connectivity index (χ1v) is 7.78. The van der Waals surface area contributed by atoms with Gasteiger partial charge in [-0.2, -0.15) is 0 Å². The number of aliphatic hydroxyl groups is 1. The highest BCUT2D eigenvalue weighted by Crippen LogP contribution is 2.23. The second-order valence-electron chi connectivity index (χ2n) is 6.77. The van der Waals surface area contributed by atoms with Gasteiger partial charge in [0.1, 0.15) is 5.82 Å². The Kier molecular flexibility index (Phi) is 5.04. The summed E-state index contributed by atoms with van der Waals surface area (Å²) in [5.41, 5.74) is 1.74. The predicted octanol–water partition coefficient (Wildman–Crippen LogP) is 3.33. The summed E-state index contributed by atoms with van der Waals surface area (Å²) in [6.45, 7) is 6.62. The Morgan fingerprint density at radius 2 is 1.86 bits per heavy atom. The van der Waals surface area contributed by atoms with Crippen LogP contribution in [-0.4, -0.2) is 39.3 Å². The van der Waals surface area contributed by atoms with Gasteiger partial charge in [-0.1, -0.05) is 24.3 Å². The van der Waals surface area contributed by atoms with Gasteiger partial charge in [0.05, 0.1) is 5.60 Å². The number of rotatable bonds is 6. The zero-order valence-corrected chi connectivity index (χ0v) is 14.2. The SMILES string of the molecule is CC(c1ccc(-c2nccn2CCC(C)(C)O)cc1)N(C)C. The lowest BCUT2D eigenvalue weighted by Crippen LogP contribution is -2.21. The van der Waals surface area contributed by atoms with Crippen molar-refractivity contribution in [3.63, 3.8) is 0 Å². The minimum absolute atomic E-state index is 0.393. The van der Waals surface area contributed by atoms with Crippen molar-refractivity contribution in [2.75, 3.05) is 14.1 Å². The first-order valence-electron chi connectivity index (χ1n) is 7.78. The summed E-state index contributed by atoms with van der Waals surface area (Å²) in [7, 11) is 4.17. The van der Waals surface area contributed by atoms with Crippen LogP contribution in [0.2, 0.25) is 0 Å². The summed E-state index contributed by atoms with van der Waals surface area (Å²) < 4.78 is 2.10. The van der Waals surface area contributed by atoms with Gasteiger partial charge in [0, 0.05) is 30.5 Å². The molecule has 22 heavy (non-hydrogen) atoms. The van der Waals surface area contributed by atoms with Crippen LogP contribution in [0.25, 0.3) is 11.4 Å². The molecule has 0 radical (unpaired) electrons. The molecule has 0 spiro atoms. The molecule has 0 saturated carbocycles. The molecule has 0 amide bonds. The standard InChI is InChI=1S/C18H27N3O/c1-14(20(4)5)15-6-8-16(9-7-15)17-19-11-13-21(17)12-10-18(2,3)22/h6-9,11,13-14,22H,10,12H2,1-5H3. The topological polar surface area (TPSA) is 41.3 Å². The van der Waals surface area contributed by atoms with Crippen molar-refractivity contribution in [3.05, 3.63) is 42.2 Å². The molecule has 1 atom stereocenters. The molecule has 1 aromatic heterocycles. The van der Waals surface area contributed by atoms with Gasteiger partial charge < -0.3 is 14.6 Å². The summed E-state index contributed by atoms with van der Waals surface area (Å²) >= 11 is 0. The highest BCUT2D eigenvalue weighted by molar-refractivity contribution is 5.56. The molecule has 4 nitrogen and oxygen atoms in total. The first-order chi connectivity index (χ1) is 10.3. The Labute approximate surface area is 133 Å². The van der Waals surface area contributed by atoms with Crippen LogP contribution in [0.3, 0.4) is 0 Å². The van der Waals surface area contributed by atoms with E-state index in [4.69, 9.17) is 0 Å². The van der Waals surface area contributed by atoms with E-state index < -0.39 is 5.60 Å². The highest BCUT2D eigenvalue weighted by atomic mass is 16.3. The molecule has 0 aliphatic heterocycles. The van der Waals surface area contributed by atoms with Gasteiger partial charge in [-0.05, 0) is 46.9 Å². The van der Waals surface area contributed by atoms with Crippen molar-refractivity contribution >= 4 is 0 Å². The molecule has 1 N–H and O–H groups in total. The van der Waals surface area contributed by atoms with Crippen LogP contribution in [0.4, 0.5) is 0 Å². The number of imidazole rings is 1. The fourth-order valence-corrected chi connectivity index (χ4v) is 2.35. The van der Waals surface area contributed by atoms with E-state index in [9.17, 15) is 5.11 Å². The van der Waals surface area contributed by atoms with Gasteiger partial charge in [0.2, 0.25) is 0 Å². The lowest BCUT2D eigenvalue weighted by molar-refractivity contribution is 0.0663. The Balaban J connectivity index is 2.17. The number of hydrogen-bond acceptors (Lipinski definition) is 3. The summed E-state index contributed by atoms with van der Waals surface area (Å²) in [5, 5.41) is 9.89. The average Bonchev–Trinajstić information content (AvgIpc) is 2.92. The van der Waals surface area contributed by atoms with Gasteiger partial charge >= 0.3 is 0 Å². The maximum Gasteiger partial charge on any atom is 0.139 e. The van der Waals surface area contributed by atoms with E-state index >= 15 is 0 Å². The van der Waals surface area contributed by atoms with Crippen LogP contribution >= 0.6 is 0 Å². The minimum Gasteiger partial charge on any atom is -0.390 e. The molecule has 120 valence electrons. The molecule has 0 aliphatic carbocycles. The normalized spacial score (nSPS) is 13.6. The summed E-state index contributed by atoms with van der Waals surface area (Å²) in [4.78, 5) is 6.66. The van der Waals surface area contributed by atoms with Gasteiger partial charge in [0.15, 0.2) is 0 Å². The average molecular weight is 301 g/mol. The molecular formula is C18H27N3O. The molecular weight excluding hydrogens is 274 g/mol. The molecule has 2 rings (SSSR count). The van der Waals surface area contributed by atoms with Gasteiger partial charge in [-0.25, -0.2) is 4.98 Å². The second-order valence-corrected chi connectivity index (χ2v) is 6.77. The van der Waals surface area contributed by atoms with Crippen molar-refractivity contribution < 1.29 is 5.11 Å². The van der Waals surface area contributed by atoms with Crippen LogP contribution < -0.4 is 0 Å². The number of aromatic nitrogens is 2. The quantitative estimate of drug-likeness (QED) is 0.890. The van der Waals surface area contributed by atoms with E-state index in [2.05, 4.69) is 59.7 Å². The van der Waals surface area contributed by atoms with Crippen molar-refractivity contribution in [2.24, 2.45) is 0 Å². The van der Waals surface area contributed by atoms with E-state index in [0.29, 0.717) is 12.5 Å². The van der Waals surface area contributed by atoms with Crippen LogP contribution in [0.15, 0.2) is 36.7 Å². The Hall–Kier alpha value is -1.65. The molecule has 1 heterocycles. The Bertz CT molecular complexity index is 594. The van der Waals surface area contributed by atoms with Crippen molar-refractivity contribution in [1.82, 2.24) is 14.5 Å². The van der Waals surface area contributed by atoms with Gasteiger partial charge in [-0.15, -0.1) is 0 Å². The second kappa shape index (κ2) is 6.63. The Morgan fingerprint density at radius 1 is 1.23 bits per heavy atom. The fraction of sp³-hybridized carbons (Fsp3) is 0.500. The number of aryl methyl sites for hydroxylation is 1. The minimum atomic E-state index is -0.660. The highest BCUT2D eigenvalue weighted by Gasteiger charge is 2.14.